The van der Waals surface area contributed by atoms with Crippen LogP contribution in [0.2, 0.25) is 5.02 Å². The molecule has 0 aliphatic carbocycles. The van der Waals surface area contributed by atoms with Crippen molar-refractivity contribution in [1.29, 1.82) is 0 Å². The molecule has 2 atom stereocenters. The number of alkyl carbamates (subject to hydrolysis) is 1. The molecule has 0 spiro atoms. The third-order valence-electron chi connectivity index (χ3n) is 4.79. The van der Waals surface area contributed by atoms with Crippen LogP contribution in [-0.4, -0.2) is 42.1 Å². The predicted octanol–water partition coefficient (Wildman–Crippen LogP) is 3.82. The lowest BCUT2D eigenvalue weighted by Crippen LogP contribution is -2.55. The van der Waals surface area contributed by atoms with Crippen molar-refractivity contribution in [2.24, 2.45) is 0 Å². The first-order valence-electron chi connectivity index (χ1n) is 10.5. The van der Waals surface area contributed by atoms with E-state index in [2.05, 4.69) is 10.6 Å². The zero-order chi connectivity index (χ0) is 22.5. The first-order valence-corrected chi connectivity index (χ1v) is 10.8. The van der Waals surface area contributed by atoms with E-state index in [0.717, 1.165) is 18.4 Å². The number of nitrogens with one attached hydrogen (secondary N) is 2. The summed E-state index contributed by atoms with van der Waals surface area (Å²) in [7, 11) is 0. The number of amides is 3. The quantitative estimate of drug-likeness (QED) is 0.635. The van der Waals surface area contributed by atoms with Crippen LogP contribution in [0.15, 0.2) is 18.2 Å². The van der Waals surface area contributed by atoms with E-state index in [0.29, 0.717) is 30.1 Å². The van der Waals surface area contributed by atoms with Gasteiger partial charge in [-0.25, -0.2) is 4.79 Å². The fourth-order valence-corrected chi connectivity index (χ4v) is 3.56. The van der Waals surface area contributed by atoms with Crippen molar-refractivity contribution in [1.82, 2.24) is 10.6 Å². The van der Waals surface area contributed by atoms with Crippen LogP contribution < -0.4 is 15.5 Å². The van der Waals surface area contributed by atoms with E-state index >= 15 is 0 Å². The first kappa shape index (κ1) is 24.0. The van der Waals surface area contributed by atoms with Gasteiger partial charge in [-0.3, -0.25) is 14.5 Å². The molecule has 30 heavy (non-hydrogen) atoms. The minimum Gasteiger partial charge on any atom is -0.444 e. The summed E-state index contributed by atoms with van der Waals surface area (Å²) in [5, 5.41) is 6.10. The van der Waals surface area contributed by atoms with Gasteiger partial charge in [0, 0.05) is 23.7 Å². The summed E-state index contributed by atoms with van der Waals surface area (Å²) in [6, 6.07) is 3.72. The first-order chi connectivity index (χ1) is 14.1. The Bertz CT molecular complexity index is 791. The second-order valence-corrected chi connectivity index (χ2v) is 8.89. The molecule has 1 aromatic carbocycles. The van der Waals surface area contributed by atoms with Gasteiger partial charge in [-0.05, 0) is 57.4 Å². The molecule has 1 aliphatic heterocycles. The fraction of sp³-hybridized carbons (Fsp3) is 0.591. The molecule has 0 saturated heterocycles. The SMILES string of the molecule is CCCCNC(=O)[C@@H]1Cc2cc(Cl)ccc2N1C(=O)C(CC)NC(=O)OC(C)(C)C. The zero-order valence-electron chi connectivity index (χ0n) is 18.4. The topological polar surface area (TPSA) is 87.7 Å². The number of halogens is 1. The van der Waals surface area contributed by atoms with Gasteiger partial charge < -0.3 is 15.4 Å². The zero-order valence-corrected chi connectivity index (χ0v) is 19.1. The lowest BCUT2D eigenvalue weighted by atomic mass is 10.1. The fourth-order valence-electron chi connectivity index (χ4n) is 3.36. The van der Waals surface area contributed by atoms with Gasteiger partial charge in [0.1, 0.15) is 17.7 Å². The van der Waals surface area contributed by atoms with Crippen LogP contribution in [0.5, 0.6) is 0 Å². The summed E-state index contributed by atoms with van der Waals surface area (Å²) in [6.45, 7) is 9.67. The van der Waals surface area contributed by atoms with Crippen LogP contribution >= 0.6 is 11.6 Å². The van der Waals surface area contributed by atoms with Crippen molar-refractivity contribution in [3.63, 3.8) is 0 Å². The highest BCUT2D eigenvalue weighted by Gasteiger charge is 2.41. The Hall–Kier alpha value is -2.28. The number of ether oxygens (including phenoxy) is 1. The number of nitrogens with zero attached hydrogens (tertiary/aromatic N) is 1. The third-order valence-corrected chi connectivity index (χ3v) is 5.03. The molecule has 1 aliphatic rings. The number of rotatable bonds is 7. The van der Waals surface area contributed by atoms with E-state index in [4.69, 9.17) is 16.3 Å². The van der Waals surface area contributed by atoms with E-state index in [1.54, 1.807) is 45.9 Å². The maximum absolute atomic E-state index is 13.4. The molecule has 0 aromatic heterocycles. The monoisotopic (exact) mass is 437 g/mol. The summed E-state index contributed by atoms with van der Waals surface area (Å²) in [5.74, 6) is -0.559. The molecular formula is C22H32ClN3O4. The molecule has 7 nitrogen and oxygen atoms in total. The van der Waals surface area contributed by atoms with Crippen molar-refractivity contribution in [2.45, 2.75) is 78.0 Å². The Morgan fingerprint density at radius 2 is 1.97 bits per heavy atom. The summed E-state index contributed by atoms with van der Waals surface area (Å²) in [5.41, 5.74) is 0.799. The van der Waals surface area contributed by atoms with Crippen LogP contribution in [0.1, 0.15) is 59.4 Å². The molecule has 0 radical (unpaired) electrons. The van der Waals surface area contributed by atoms with Crippen molar-refractivity contribution in [2.75, 3.05) is 11.4 Å². The van der Waals surface area contributed by atoms with E-state index in [9.17, 15) is 14.4 Å². The molecule has 1 heterocycles. The van der Waals surface area contributed by atoms with Gasteiger partial charge in [-0.1, -0.05) is 31.9 Å². The summed E-state index contributed by atoms with van der Waals surface area (Å²) < 4.78 is 5.29. The highest BCUT2D eigenvalue weighted by Crippen LogP contribution is 2.35. The van der Waals surface area contributed by atoms with Crippen molar-refractivity contribution < 1.29 is 19.1 Å². The second kappa shape index (κ2) is 10.2. The smallest absolute Gasteiger partial charge is 0.408 e. The normalized spacial score (nSPS) is 16.6. The van der Waals surface area contributed by atoms with Crippen molar-refractivity contribution in [3.05, 3.63) is 28.8 Å². The standard InChI is InChI=1S/C22H32ClN3O4/c1-6-8-11-24-19(27)18-13-14-12-15(23)9-10-17(14)26(18)20(28)16(7-2)25-21(29)30-22(3,4)5/h9-10,12,16,18H,6-8,11,13H2,1-5H3,(H,24,27)(H,25,29)/t16?,18-/m0/s1. The van der Waals surface area contributed by atoms with Crippen LogP contribution in [0, 0.1) is 0 Å². The maximum Gasteiger partial charge on any atom is 0.408 e. The van der Waals surface area contributed by atoms with E-state index in [1.807, 2.05) is 6.92 Å². The minimum atomic E-state index is -0.813. The Kier molecular flexibility index (Phi) is 8.12. The van der Waals surface area contributed by atoms with Crippen LogP contribution in [0.25, 0.3) is 0 Å². The average Bonchev–Trinajstić information content (AvgIpc) is 3.02. The van der Waals surface area contributed by atoms with Gasteiger partial charge in [-0.15, -0.1) is 0 Å². The summed E-state index contributed by atoms with van der Waals surface area (Å²) in [6.07, 6.45) is 1.90. The summed E-state index contributed by atoms with van der Waals surface area (Å²) in [4.78, 5) is 40.0. The number of carbonyl (C=O) groups excluding carboxylic acids is 3. The van der Waals surface area contributed by atoms with Crippen molar-refractivity contribution in [3.8, 4) is 0 Å². The number of hydrogen-bond donors (Lipinski definition) is 2. The number of carbonyl (C=O) groups is 3. The lowest BCUT2D eigenvalue weighted by molar-refractivity contribution is -0.127. The van der Waals surface area contributed by atoms with Crippen molar-refractivity contribution >= 4 is 35.2 Å². The average molecular weight is 438 g/mol. The molecule has 1 aromatic rings. The van der Waals surface area contributed by atoms with Crippen LogP contribution in [0.3, 0.4) is 0 Å². The van der Waals surface area contributed by atoms with Gasteiger partial charge >= 0.3 is 6.09 Å². The third kappa shape index (κ3) is 6.11. The van der Waals surface area contributed by atoms with Gasteiger partial charge in [0.2, 0.25) is 11.8 Å². The van der Waals surface area contributed by atoms with Gasteiger partial charge in [0.25, 0.3) is 0 Å². The Morgan fingerprint density at radius 1 is 1.27 bits per heavy atom. The Morgan fingerprint density at radius 3 is 2.57 bits per heavy atom. The molecule has 1 unspecified atom stereocenters. The molecule has 3 amide bonds. The number of unbranched alkanes of at least 4 members (excludes halogenated alkanes) is 1. The Balaban J connectivity index is 2.26. The van der Waals surface area contributed by atoms with Gasteiger partial charge in [-0.2, -0.15) is 0 Å². The van der Waals surface area contributed by atoms with E-state index in [-0.39, 0.29) is 11.8 Å². The lowest BCUT2D eigenvalue weighted by Gasteiger charge is -2.29. The maximum atomic E-state index is 13.4. The molecule has 2 rings (SSSR count). The molecule has 0 fully saturated rings. The Labute approximate surface area is 183 Å². The summed E-state index contributed by atoms with van der Waals surface area (Å²) >= 11 is 6.12. The molecule has 8 heteroatoms. The van der Waals surface area contributed by atoms with Gasteiger partial charge in [0.05, 0.1) is 0 Å². The number of anilines is 1. The van der Waals surface area contributed by atoms with Crippen LogP contribution in [-0.2, 0) is 20.7 Å². The van der Waals surface area contributed by atoms with E-state index in [1.165, 1.54) is 4.90 Å². The van der Waals surface area contributed by atoms with Gasteiger partial charge in [0.15, 0.2) is 0 Å². The molecule has 0 saturated carbocycles. The second-order valence-electron chi connectivity index (χ2n) is 8.45. The molecular weight excluding hydrogens is 406 g/mol. The molecule has 0 bridgehead atoms. The molecule has 166 valence electrons. The molecule has 2 N–H and O–H groups in total. The van der Waals surface area contributed by atoms with Crippen LogP contribution in [0.4, 0.5) is 10.5 Å². The number of fused-ring (bicyclic) bond motifs is 1. The number of hydrogen-bond acceptors (Lipinski definition) is 4. The highest BCUT2D eigenvalue weighted by molar-refractivity contribution is 6.30. The number of benzene rings is 1. The highest BCUT2D eigenvalue weighted by atomic mass is 35.5. The predicted molar refractivity (Wildman–Crippen MR) is 118 cm³/mol. The largest absolute Gasteiger partial charge is 0.444 e. The minimum absolute atomic E-state index is 0.212. The van der Waals surface area contributed by atoms with E-state index < -0.39 is 23.8 Å².